The predicted octanol–water partition coefficient (Wildman–Crippen LogP) is 4.94. The highest BCUT2D eigenvalue weighted by Gasteiger charge is 2.19. The number of ether oxygens (including phenoxy) is 1. The SMILES string of the molecule is O=S(=O)(Nc1ccccc1Cl)c1ccc2nc(SC[C@H]3CCCCO3)oc2c1. The van der Waals surface area contributed by atoms with Crippen molar-refractivity contribution in [2.24, 2.45) is 0 Å². The van der Waals surface area contributed by atoms with Gasteiger partial charge in [0.25, 0.3) is 15.2 Å². The van der Waals surface area contributed by atoms with Crippen LogP contribution in [0.5, 0.6) is 0 Å². The number of anilines is 1. The van der Waals surface area contributed by atoms with Crippen LogP contribution in [0.15, 0.2) is 57.0 Å². The maximum Gasteiger partial charge on any atom is 0.262 e. The molecule has 1 aromatic heterocycles. The number of aromatic nitrogens is 1. The quantitative estimate of drug-likeness (QED) is 0.549. The molecule has 0 aliphatic carbocycles. The zero-order chi connectivity index (χ0) is 19.6. The van der Waals surface area contributed by atoms with E-state index in [-0.39, 0.29) is 11.0 Å². The minimum absolute atomic E-state index is 0.0863. The molecular formula is C19H19ClN2O4S2. The number of hydrogen-bond acceptors (Lipinski definition) is 6. The van der Waals surface area contributed by atoms with Crippen molar-refractivity contribution in [2.45, 2.75) is 35.5 Å². The zero-order valence-corrected chi connectivity index (χ0v) is 17.3. The summed E-state index contributed by atoms with van der Waals surface area (Å²) >= 11 is 7.53. The first-order valence-corrected chi connectivity index (χ1v) is 11.8. The molecule has 1 aliphatic heterocycles. The van der Waals surface area contributed by atoms with Crippen LogP contribution in [0.25, 0.3) is 11.1 Å². The fourth-order valence-corrected chi connectivity index (χ4v) is 5.20. The average Bonchev–Trinajstić information content (AvgIpc) is 3.11. The summed E-state index contributed by atoms with van der Waals surface area (Å²) in [7, 11) is -3.80. The van der Waals surface area contributed by atoms with Crippen molar-refractivity contribution in [3.8, 4) is 0 Å². The Morgan fingerprint density at radius 3 is 2.86 bits per heavy atom. The number of hydrogen-bond donors (Lipinski definition) is 1. The molecule has 0 unspecified atom stereocenters. The maximum atomic E-state index is 12.7. The number of nitrogens with one attached hydrogen (secondary N) is 1. The van der Waals surface area contributed by atoms with Gasteiger partial charge in [-0.1, -0.05) is 35.5 Å². The van der Waals surface area contributed by atoms with Gasteiger partial charge in [-0.25, -0.2) is 13.4 Å². The second-order valence-corrected chi connectivity index (χ2v) is 9.56. The molecule has 28 heavy (non-hydrogen) atoms. The van der Waals surface area contributed by atoms with Crippen LogP contribution in [0.1, 0.15) is 19.3 Å². The fourth-order valence-electron chi connectivity index (χ4n) is 2.96. The summed E-state index contributed by atoms with van der Waals surface area (Å²) < 4.78 is 39.3. The topological polar surface area (TPSA) is 81.4 Å². The lowest BCUT2D eigenvalue weighted by atomic mass is 10.1. The summed E-state index contributed by atoms with van der Waals surface area (Å²) in [5.74, 6) is 0.770. The number of nitrogens with zero attached hydrogens (tertiary/aromatic N) is 1. The van der Waals surface area contributed by atoms with Crippen LogP contribution in [0.3, 0.4) is 0 Å². The molecule has 1 N–H and O–H groups in total. The molecule has 4 rings (SSSR count). The lowest BCUT2D eigenvalue weighted by Crippen LogP contribution is -2.21. The van der Waals surface area contributed by atoms with Gasteiger partial charge in [0, 0.05) is 18.4 Å². The van der Waals surface area contributed by atoms with Crippen LogP contribution in [0.4, 0.5) is 5.69 Å². The number of benzene rings is 2. The average molecular weight is 439 g/mol. The Balaban J connectivity index is 1.51. The second-order valence-electron chi connectivity index (χ2n) is 6.49. The lowest BCUT2D eigenvalue weighted by molar-refractivity contribution is 0.0314. The number of oxazole rings is 1. The van der Waals surface area contributed by atoms with Gasteiger partial charge in [-0.3, -0.25) is 4.72 Å². The highest BCUT2D eigenvalue weighted by Crippen LogP contribution is 2.29. The van der Waals surface area contributed by atoms with Gasteiger partial charge < -0.3 is 9.15 Å². The summed E-state index contributed by atoms with van der Waals surface area (Å²) in [6, 6.07) is 11.3. The number of rotatable bonds is 6. The highest BCUT2D eigenvalue weighted by molar-refractivity contribution is 7.99. The largest absolute Gasteiger partial charge is 0.431 e. The Kier molecular flexibility index (Phi) is 5.82. The van der Waals surface area contributed by atoms with E-state index in [2.05, 4.69) is 9.71 Å². The van der Waals surface area contributed by atoms with Crippen LogP contribution < -0.4 is 4.72 Å². The number of thioether (sulfide) groups is 1. The van der Waals surface area contributed by atoms with E-state index in [1.165, 1.54) is 30.3 Å². The van der Waals surface area contributed by atoms with Gasteiger partial charge in [0.05, 0.1) is 21.7 Å². The van der Waals surface area contributed by atoms with Crippen molar-refractivity contribution in [1.29, 1.82) is 0 Å². The molecule has 2 aromatic carbocycles. The van der Waals surface area contributed by atoms with Crippen molar-refractivity contribution in [3.63, 3.8) is 0 Å². The van der Waals surface area contributed by atoms with Crippen LogP contribution in [0.2, 0.25) is 5.02 Å². The monoisotopic (exact) mass is 438 g/mol. The first kappa shape index (κ1) is 19.6. The van der Waals surface area contributed by atoms with Crippen LogP contribution in [-0.2, 0) is 14.8 Å². The molecule has 3 aromatic rings. The zero-order valence-electron chi connectivity index (χ0n) is 14.9. The molecule has 9 heteroatoms. The standard InChI is InChI=1S/C19H19ClN2O4S2/c20-15-6-1-2-7-16(15)22-28(23,24)14-8-9-17-18(11-14)26-19(21-17)27-12-13-5-3-4-10-25-13/h1-2,6-9,11,13,22H,3-5,10,12H2/t13-/m1/s1. The number of halogens is 1. The minimum Gasteiger partial charge on any atom is -0.431 e. The van der Waals surface area contributed by atoms with Crippen molar-refractivity contribution in [2.75, 3.05) is 17.1 Å². The fraction of sp³-hybridized carbons (Fsp3) is 0.316. The molecule has 0 amide bonds. The van der Waals surface area contributed by atoms with Gasteiger partial charge in [-0.15, -0.1) is 0 Å². The third-order valence-corrected chi connectivity index (χ3v) is 7.09. The van der Waals surface area contributed by atoms with Gasteiger partial charge in [0.1, 0.15) is 5.52 Å². The molecule has 1 aliphatic rings. The van der Waals surface area contributed by atoms with Crippen molar-refractivity contribution >= 4 is 50.2 Å². The van der Waals surface area contributed by atoms with Gasteiger partial charge in [0.2, 0.25) is 0 Å². The van der Waals surface area contributed by atoms with Crippen LogP contribution in [0, 0.1) is 0 Å². The maximum absolute atomic E-state index is 12.7. The van der Waals surface area contributed by atoms with E-state index in [1.807, 2.05) is 0 Å². The molecule has 148 valence electrons. The Labute approximate surface area is 172 Å². The van der Waals surface area contributed by atoms with Crippen molar-refractivity contribution < 1.29 is 17.6 Å². The van der Waals surface area contributed by atoms with Gasteiger partial charge >= 0.3 is 0 Å². The molecule has 2 heterocycles. The Bertz CT molecular complexity index is 1080. The van der Waals surface area contributed by atoms with Crippen LogP contribution >= 0.6 is 23.4 Å². The van der Waals surface area contributed by atoms with E-state index in [4.69, 9.17) is 20.8 Å². The van der Waals surface area contributed by atoms with E-state index < -0.39 is 10.0 Å². The number of para-hydroxylation sites is 1. The summed E-state index contributed by atoms with van der Waals surface area (Å²) in [5, 5.41) is 0.841. The molecular weight excluding hydrogens is 420 g/mol. The number of fused-ring (bicyclic) bond motifs is 1. The highest BCUT2D eigenvalue weighted by atomic mass is 35.5. The summed E-state index contributed by atoms with van der Waals surface area (Å²) in [5.41, 5.74) is 1.36. The van der Waals surface area contributed by atoms with Crippen molar-refractivity contribution in [3.05, 3.63) is 47.5 Å². The summed E-state index contributed by atoms with van der Waals surface area (Å²) in [6.45, 7) is 0.804. The van der Waals surface area contributed by atoms with E-state index in [1.54, 1.807) is 30.3 Å². The van der Waals surface area contributed by atoms with E-state index in [9.17, 15) is 8.42 Å². The van der Waals surface area contributed by atoms with Gasteiger partial charge in [-0.05, 0) is 43.5 Å². The van der Waals surface area contributed by atoms with E-state index in [0.717, 1.165) is 25.2 Å². The second kappa shape index (κ2) is 8.32. The predicted molar refractivity (Wildman–Crippen MR) is 111 cm³/mol. The third-order valence-electron chi connectivity index (χ3n) is 4.44. The van der Waals surface area contributed by atoms with Gasteiger partial charge in [-0.2, -0.15) is 0 Å². The summed E-state index contributed by atoms with van der Waals surface area (Å²) in [4.78, 5) is 4.51. The molecule has 0 saturated carbocycles. The lowest BCUT2D eigenvalue weighted by Gasteiger charge is -2.21. The molecule has 1 saturated heterocycles. The Hall–Kier alpha value is -1.74. The Morgan fingerprint density at radius 2 is 2.07 bits per heavy atom. The number of sulfonamides is 1. The first-order valence-electron chi connectivity index (χ1n) is 8.94. The summed E-state index contributed by atoms with van der Waals surface area (Å²) in [6.07, 6.45) is 3.55. The Morgan fingerprint density at radius 1 is 1.21 bits per heavy atom. The molecule has 0 bridgehead atoms. The van der Waals surface area contributed by atoms with Crippen LogP contribution in [-0.4, -0.2) is 31.9 Å². The minimum atomic E-state index is -3.80. The van der Waals surface area contributed by atoms with Gasteiger partial charge in [0.15, 0.2) is 5.58 Å². The molecule has 1 atom stereocenters. The van der Waals surface area contributed by atoms with E-state index in [0.29, 0.717) is 27.0 Å². The third kappa shape index (κ3) is 4.46. The normalized spacial score (nSPS) is 17.7. The van der Waals surface area contributed by atoms with Crippen molar-refractivity contribution in [1.82, 2.24) is 4.98 Å². The first-order chi connectivity index (χ1) is 13.5. The molecule has 0 spiro atoms. The molecule has 0 radical (unpaired) electrons. The van der Waals surface area contributed by atoms with E-state index >= 15 is 0 Å². The molecule has 6 nitrogen and oxygen atoms in total. The smallest absolute Gasteiger partial charge is 0.262 e. The molecule has 1 fully saturated rings.